The number of hydrogen-bond acceptors (Lipinski definition) is 5. The van der Waals surface area contributed by atoms with Crippen LogP contribution >= 0.6 is 11.6 Å². The lowest BCUT2D eigenvalue weighted by Crippen LogP contribution is -2.22. The van der Waals surface area contributed by atoms with Crippen molar-refractivity contribution in [2.45, 2.75) is 20.1 Å². The largest absolute Gasteiger partial charge is 0.477 e. The smallest absolute Gasteiger partial charge is 0.341 e. The van der Waals surface area contributed by atoms with Crippen LogP contribution in [0.15, 0.2) is 41.5 Å². The summed E-state index contributed by atoms with van der Waals surface area (Å²) >= 11 is 6.13. The van der Waals surface area contributed by atoms with Crippen molar-refractivity contribution in [3.8, 4) is 23.2 Å². The van der Waals surface area contributed by atoms with Crippen molar-refractivity contribution in [1.29, 1.82) is 5.26 Å². The number of benzene rings is 1. The molecule has 9 heteroatoms. The zero-order chi connectivity index (χ0) is 21.1. The maximum Gasteiger partial charge on any atom is 0.341 e. The van der Waals surface area contributed by atoms with Gasteiger partial charge in [0.15, 0.2) is 5.88 Å². The average Bonchev–Trinajstić information content (AvgIpc) is 3.10. The molecule has 1 N–H and O–H groups in total. The highest BCUT2D eigenvalue weighted by molar-refractivity contribution is 6.32. The van der Waals surface area contributed by atoms with Gasteiger partial charge in [-0.3, -0.25) is 9.48 Å². The molecule has 0 amide bonds. The first kappa shape index (κ1) is 20.2. The predicted octanol–water partition coefficient (Wildman–Crippen LogP) is 3.07. The van der Waals surface area contributed by atoms with E-state index in [4.69, 9.17) is 21.6 Å². The molecule has 3 rings (SSSR count). The van der Waals surface area contributed by atoms with Crippen molar-refractivity contribution in [1.82, 2.24) is 14.3 Å². The normalized spacial score (nSPS) is 10.6. The van der Waals surface area contributed by atoms with Gasteiger partial charge >= 0.3 is 5.97 Å². The van der Waals surface area contributed by atoms with E-state index < -0.39 is 11.4 Å². The lowest BCUT2D eigenvalue weighted by Gasteiger charge is -2.19. The second kappa shape index (κ2) is 8.20. The highest BCUT2D eigenvalue weighted by Gasteiger charge is 2.23. The maximum atomic E-state index is 12.6. The van der Waals surface area contributed by atoms with Crippen molar-refractivity contribution in [2.75, 3.05) is 0 Å². The fourth-order valence-corrected chi connectivity index (χ4v) is 3.24. The molecule has 0 saturated carbocycles. The molecule has 0 bridgehead atoms. The number of carboxylic acid groups (broad SMARTS) is 1. The molecule has 8 nitrogen and oxygen atoms in total. The Morgan fingerprint density at radius 2 is 2.14 bits per heavy atom. The Balaban J connectivity index is 2.17. The fraction of sp³-hybridized carbons (Fsp3) is 0.200. The number of pyridine rings is 1. The number of aromatic nitrogens is 3. The topological polar surface area (TPSA) is 110 Å². The lowest BCUT2D eigenvalue weighted by molar-refractivity contribution is 0.0695. The van der Waals surface area contributed by atoms with Crippen LogP contribution in [0.4, 0.5) is 0 Å². The summed E-state index contributed by atoms with van der Waals surface area (Å²) in [6.45, 7) is 2.31. The molecule has 0 aliphatic heterocycles. The first-order valence-corrected chi connectivity index (χ1v) is 9.05. The molecule has 0 spiro atoms. The van der Waals surface area contributed by atoms with E-state index in [0.29, 0.717) is 12.1 Å². The molecule has 3 aromatic rings. The van der Waals surface area contributed by atoms with Crippen LogP contribution in [0.1, 0.15) is 28.4 Å². The van der Waals surface area contributed by atoms with E-state index in [2.05, 4.69) is 5.10 Å². The molecule has 0 saturated heterocycles. The van der Waals surface area contributed by atoms with E-state index in [1.165, 1.54) is 12.1 Å². The number of aryl methyl sites for hydroxylation is 1. The van der Waals surface area contributed by atoms with Gasteiger partial charge in [0.2, 0.25) is 5.43 Å². The SMILES string of the molecule is CCn1c(OCc2cnn(C)c2)cc(=O)c(C(=O)O)c1-c1ccc(C#N)c(Cl)c1. The van der Waals surface area contributed by atoms with Crippen LogP contribution in [0.25, 0.3) is 11.3 Å². The van der Waals surface area contributed by atoms with E-state index in [9.17, 15) is 14.7 Å². The Kier molecular flexibility index (Phi) is 5.71. The van der Waals surface area contributed by atoms with Crippen molar-refractivity contribution in [2.24, 2.45) is 7.05 Å². The molecule has 0 atom stereocenters. The molecule has 29 heavy (non-hydrogen) atoms. The minimum Gasteiger partial charge on any atom is -0.477 e. The monoisotopic (exact) mass is 412 g/mol. The first-order chi connectivity index (χ1) is 13.8. The molecule has 0 aliphatic rings. The molecule has 2 aromatic heterocycles. The van der Waals surface area contributed by atoms with Gasteiger partial charge < -0.3 is 14.4 Å². The molecule has 148 valence electrons. The van der Waals surface area contributed by atoms with Gasteiger partial charge in [-0.15, -0.1) is 0 Å². The van der Waals surface area contributed by atoms with Crippen molar-refractivity contribution in [3.05, 3.63) is 68.6 Å². The third-order valence-corrected chi connectivity index (χ3v) is 4.62. The molecule has 0 unspecified atom stereocenters. The molecule has 0 aliphatic carbocycles. The molecule has 1 aromatic carbocycles. The zero-order valence-electron chi connectivity index (χ0n) is 15.7. The van der Waals surface area contributed by atoms with Crippen molar-refractivity contribution in [3.63, 3.8) is 0 Å². The van der Waals surface area contributed by atoms with E-state index >= 15 is 0 Å². The highest BCUT2D eigenvalue weighted by Crippen LogP contribution is 2.30. The second-order valence-corrected chi connectivity index (χ2v) is 6.64. The van der Waals surface area contributed by atoms with Crippen LogP contribution in [0.5, 0.6) is 5.88 Å². The summed E-state index contributed by atoms with van der Waals surface area (Å²) < 4.78 is 9.04. The Labute approximate surface area is 171 Å². The number of nitrogens with zero attached hydrogens (tertiary/aromatic N) is 4. The quantitative estimate of drug-likeness (QED) is 0.666. The summed E-state index contributed by atoms with van der Waals surface area (Å²) in [5.41, 5.74) is 0.548. The number of rotatable bonds is 6. The minimum absolute atomic E-state index is 0.160. The number of ether oxygens (including phenoxy) is 1. The van der Waals surface area contributed by atoms with Gasteiger partial charge in [-0.05, 0) is 19.1 Å². The first-order valence-electron chi connectivity index (χ1n) is 8.67. The lowest BCUT2D eigenvalue weighted by atomic mass is 10.0. The van der Waals surface area contributed by atoms with E-state index in [1.807, 2.05) is 13.0 Å². The Bertz CT molecular complexity index is 1190. The molecular weight excluding hydrogens is 396 g/mol. The van der Waals surface area contributed by atoms with Crippen LogP contribution in [-0.2, 0) is 20.2 Å². The summed E-state index contributed by atoms with van der Waals surface area (Å²) in [5.74, 6) is -1.13. The number of carboxylic acids is 1. The minimum atomic E-state index is -1.36. The second-order valence-electron chi connectivity index (χ2n) is 6.24. The summed E-state index contributed by atoms with van der Waals surface area (Å²) in [7, 11) is 1.78. The Morgan fingerprint density at radius 1 is 1.38 bits per heavy atom. The Morgan fingerprint density at radius 3 is 2.69 bits per heavy atom. The number of hydrogen-bond donors (Lipinski definition) is 1. The van der Waals surface area contributed by atoms with Crippen LogP contribution in [0.2, 0.25) is 5.02 Å². The Hall–Kier alpha value is -3.57. The number of nitriles is 1. The maximum absolute atomic E-state index is 12.6. The summed E-state index contributed by atoms with van der Waals surface area (Å²) in [5, 5.41) is 23.0. The van der Waals surface area contributed by atoms with Gasteiger partial charge in [0.05, 0.1) is 22.5 Å². The van der Waals surface area contributed by atoms with Crippen LogP contribution in [0, 0.1) is 11.3 Å². The molecular formula is C20H17ClN4O4. The third kappa shape index (κ3) is 4.00. The van der Waals surface area contributed by atoms with Gasteiger partial charge in [-0.25, -0.2) is 4.79 Å². The van der Waals surface area contributed by atoms with Crippen molar-refractivity contribution >= 4 is 17.6 Å². The van der Waals surface area contributed by atoms with Gasteiger partial charge in [-0.1, -0.05) is 17.7 Å². The standard InChI is InChI=1S/C20H17ClN4O4/c1-3-25-17(29-11-12-9-23-24(2)10-12)7-16(26)18(20(27)28)19(25)13-4-5-14(8-22)15(21)6-13/h4-7,9-10H,3,11H2,1-2H3,(H,27,28). The zero-order valence-corrected chi connectivity index (χ0v) is 16.5. The van der Waals surface area contributed by atoms with Crippen LogP contribution in [0.3, 0.4) is 0 Å². The number of carbonyl (C=O) groups is 1. The third-order valence-electron chi connectivity index (χ3n) is 4.31. The summed E-state index contributed by atoms with van der Waals surface area (Å²) in [6.07, 6.45) is 3.42. The van der Waals surface area contributed by atoms with Crippen LogP contribution in [-0.4, -0.2) is 25.4 Å². The number of aromatic carboxylic acids is 1. The average molecular weight is 413 g/mol. The van der Waals surface area contributed by atoms with E-state index in [0.717, 1.165) is 11.6 Å². The van der Waals surface area contributed by atoms with Gasteiger partial charge in [-0.2, -0.15) is 10.4 Å². The summed E-state index contributed by atoms with van der Waals surface area (Å²) in [4.78, 5) is 24.4. The molecule has 0 fully saturated rings. The van der Waals surface area contributed by atoms with Crippen LogP contribution < -0.4 is 10.2 Å². The van der Waals surface area contributed by atoms with E-state index in [1.54, 1.807) is 34.8 Å². The van der Waals surface area contributed by atoms with Gasteiger partial charge in [0, 0.05) is 37.0 Å². The van der Waals surface area contributed by atoms with Gasteiger partial charge in [0.1, 0.15) is 18.2 Å². The molecule has 2 heterocycles. The highest BCUT2D eigenvalue weighted by atomic mass is 35.5. The van der Waals surface area contributed by atoms with Gasteiger partial charge in [0.25, 0.3) is 0 Å². The molecule has 0 radical (unpaired) electrons. The van der Waals surface area contributed by atoms with E-state index in [-0.39, 0.29) is 34.3 Å². The number of halogens is 1. The summed E-state index contributed by atoms with van der Waals surface area (Å²) in [6, 6.07) is 7.63. The fourth-order valence-electron chi connectivity index (χ4n) is 3.02. The predicted molar refractivity (Wildman–Crippen MR) is 106 cm³/mol. The van der Waals surface area contributed by atoms with Crippen molar-refractivity contribution < 1.29 is 14.6 Å².